The number of carbonyl (C=O) groups is 1. The van der Waals surface area contributed by atoms with Gasteiger partial charge in [-0.2, -0.15) is 0 Å². The van der Waals surface area contributed by atoms with Gasteiger partial charge in [0.15, 0.2) is 5.82 Å². The zero-order valence-corrected chi connectivity index (χ0v) is 17.3. The Balaban J connectivity index is 0.000000327. The van der Waals surface area contributed by atoms with Crippen molar-refractivity contribution in [2.75, 3.05) is 13.6 Å². The van der Waals surface area contributed by atoms with Crippen LogP contribution in [0.4, 0.5) is 0 Å². The van der Waals surface area contributed by atoms with E-state index in [0.29, 0.717) is 18.8 Å². The van der Waals surface area contributed by atoms with Crippen LogP contribution in [0.25, 0.3) is 17.0 Å². The van der Waals surface area contributed by atoms with E-state index in [0.717, 1.165) is 22.4 Å². The summed E-state index contributed by atoms with van der Waals surface area (Å²) >= 11 is 0. The van der Waals surface area contributed by atoms with Crippen LogP contribution in [0.3, 0.4) is 0 Å². The van der Waals surface area contributed by atoms with Crippen LogP contribution in [0.5, 0.6) is 0 Å². The Kier molecular flexibility index (Phi) is 9.63. The number of hydrogen-bond donors (Lipinski definition) is 1. The van der Waals surface area contributed by atoms with Crippen molar-refractivity contribution in [3.8, 4) is 23.7 Å². The number of nitrogens with zero attached hydrogens (tertiary/aromatic N) is 3. The highest BCUT2D eigenvalue weighted by atomic mass is 16.3. The number of benzene rings is 1. The average Bonchev–Trinajstić information content (AvgIpc) is 3.06. The summed E-state index contributed by atoms with van der Waals surface area (Å²) in [6.07, 6.45) is 9.07. The molecule has 5 nitrogen and oxygen atoms in total. The molecule has 1 fully saturated rings. The van der Waals surface area contributed by atoms with E-state index in [1.54, 1.807) is 13.2 Å². The SMILES string of the molecule is C#Cc1cccc(-c2nccc(/C(C)=C/C)n2)c1.CC.CN1CCC(O)C1=O. The quantitative estimate of drug-likeness (QED) is 0.807. The van der Waals surface area contributed by atoms with Crippen LogP contribution in [0.15, 0.2) is 42.6 Å². The molecule has 1 unspecified atom stereocenters. The summed E-state index contributed by atoms with van der Waals surface area (Å²) in [5.74, 6) is 3.17. The third kappa shape index (κ3) is 6.33. The molecule has 1 atom stereocenters. The molecule has 0 spiro atoms. The fourth-order valence-corrected chi connectivity index (χ4v) is 2.42. The van der Waals surface area contributed by atoms with Gasteiger partial charge >= 0.3 is 0 Å². The van der Waals surface area contributed by atoms with Crippen molar-refractivity contribution in [1.29, 1.82) is 0 Å². The summed E-state index contributed by atoms with van der Waals surface area (Å²) in [5.41, 5.74) is 3.85. The number of likely N-dealkylation sites (tertiary alicyclic amines) is 1. The summed E-state index contributed by atoms with van der Waals surface area (Å²) in [7, 11) is 1.69. The first kappa shape index (κ1) is 23.1. The Morgan fingerprint density at radius 1 is 1.36 bits per heavy atom. The number of carbonyl (C=O) groups excluding carboxylic acids is 1. The van der Waals surface area contributed by atoms with Crippen LogP contribution >= 0.6 is 0 Å². The van der Waals surface area contributed by atoms with E-state index in [9.17, 15) is 4.79 Å². The fraction of sp³-hybridized carbons (Fsp3) is 0.348. The van der Waals surface area contributed by atoms with E-state index in [2.05, 4.69) is 15.9 Å². The number of aromatic nitrogens is 2. The lowest BCUT2D eigenvalue weighted by atomic mass is 10.1. The minimum atomic E-state index is -0.722. The average molecular weight is 380 g/mol. The third-order valence-corrected chi connectivity index (χ3v) is 4.18. The predicted octanol–water partition coefficient (Wildman–Crippen LogP) is 3.78. The maximum atomic E-state index is 10.6. The molecule has 0 radical (unpaired) electrons. The molecule has 0 aliphatic carbocycles. The number of terminal acetylenes is 1. The van der Waals surface area contributed by atoms with Crippen LogP contribution in [-0.4, -0.2) is 45.6 Å². The highest BCUT2D eigenvalue weighted by molar-refractivity contribution is 5.82. The fourth-order valence-electron chi connectivity index (χ4n) is 2.42. The summed E-state index contributed by atoms with van der Waals surface area (Å²) in [6, 6.07) is 9.60. The van der Waals surface area contributed by atoms with Gasteiger partial charge in [-0.1, -0.05) is 38.0 Å². The zero-order valence-electron chi connectivity index (χ0n) is 17.3. The number of allylic oxidation sites excluding steroid dienone is 2. The minimum absolute atomic E-state index is 0.148. The van der Waals surface area contributed by atoms with E-state index in [1.165, 1.54) is 4.90 Å². The summed E-state index contributed by atoms with van der Waals surface area (Å²) < 4.78 is 0. The van der Waals surface area contributed by atoms with Gasteiger partial charge in [0.2, 0.25) is 0 Å². The molecule has 1 aliphatic rings. The van der Waals surface area contributed by atoms with Gasteiger partial charge < -0.3 is 10.0 Å². The number of aliphatic hydroxyl groups is 1. The third-order valence-electron chi connectivity index (χ3n) is 4.18. The Bertz CT molecular complexity index is 841. The van der Waals surface area contributed by atoms with Crippen molar-refractivity contribution in [1.82, 2.24) is 14.9 Å². The van der Waals surface area contributed by atoms with E-state index in [1.807, 2.05) is 64.1 Å². The first-order chi connectivity index (χ1) is 13.5. The lowest BCUT2D eigenvalue weighted by Gasteiger charge is -2.04. The van der Waals surface area contributed by atoms with Gasteiger partial charge in [0.05, 0.1) is 5.69 Å². The van der Waals surface area contributed by atoms with Gasteiger partial charge in [-0.15, -0.1) is 6.42 Å². The van der Waals surface area contributed by atoms with Gasteiger partial charge in [0.25, 0.3) is 5.91 Å². The van der Waals surface area contributed by atoms with Gasteiger partial charge in [-0.3, -0.25) is 4.79 Å². The molecule has 148 valence electrons. The molecule has 2 heterocycles. The van der Waals surface area contributed by atoms with Crippen molar-refractivity contribution >= 4 is 11.5 Å². The molecule has 2 aromatic rings. The van der Waals surface area contributed by atoms with Gasteiger partial charge in [-0.05, 0) is 44.0 Å². The smallest absolute Gasteiger partial charge is 0.251 e. The molecule has 1 N–H and O–H groups in total. The Morgan fingerprint density at radius 3 is 2.57 bits per heavy atom. The molecular weight excluding hydrogens is 350 g/mol. The van der Waals surface area contributed by atoms with E-state index < -0.39 is 6.10 Å². The highest BCUT2D eigenvalue weighted by Crippen LogP contribution is 2.18. The van der Waals surface area contributed by atoms with Crippen molar-refractivity contribution in [3.63, 3.8) is 0 Å². The topological polar surface area (TPSA) is 66.3 Å². The molecule has 1 amide bonds. The molecule has 28 heavy (non-hydrogen) atoms. The number of rotatable bonds is 2. The summed E-state index contributed by atoms with van der Waals surface area (Å²) in [4.78, 5) is 20.9. The van der Waals surface area contributed by atoms with Crippen molar-refractivity contribution < 1.29 is 9.90 Å². The lowest BCUT2D eigenvalue weighted by Crippen LogP contribution is -2.24. The molecule has 0 saturated carbocycles. The largest absolute Gasteiger partial charge is 0.383 e. The van der Waals surface area contributed by atoms with Crippen LogP contribution < -0.4 is 0 Å². The molecule has 1 aromatic heterocycles. The molecule has 0 bridgehead atoms. The molecule has 3 rings (SSSR count). The second-order valence-electron chi connectivity index (χ2n) is 6.03. The molecule has 1 saturated heterocycles. The number of amides is 1. The van der Waals surface area contributed by atoms with E-state index in [-0.39, 0.29) is 5.91 Å². The Morgan fingerprint density at radius 2 is 2.07 bits per heavy atom. The van der Waals surface area contributed by atoms with Crippen LogP contribution in [0, 0.1) is 12.3 Å². The Labute approximate surface area is 168 Å². The molecular formula is C23H29N3O2. The molecule has 1 aliphatic heterocycles. The van der Waals surface area contributed by atoms with E-state index in [4.69, 9.17) is 11.5 Å². The van der Waals surface area contributed by atoms with Crippen molar-refractivity contribution in [3.05, 3.63) is 53.9 Å². The maximum absolute atomic E-state index is 10.6. The van der Waals surface area contributed by atoms with E-state index >= 15 is 0 Å². The minimum Gasteiger partial charge on any atom is -0.383 e. The first-order valence-electron chi connectivity index (χ1n) is 9.42. The van der Waals surface area contributed by atoms with Crippen LogP contribution in [0.2, 0.25) is 0 Å². The monoisotopic (exact) mass is 379 g/mol. The second-order valence-corrected chi connectivity index (χ2v) is 6.03. The standard InChI is InChI=1S/C16H14N2.C5H9NO2.C2H6/c1-4-12(3)15-9-10-17-16(18-15)14-8-6-7-13(5-2)11-14;1-6-3-2-4(7)5(6)8;1-2/h2,4,6-11H,1,3H3;4,7H,2-3H2,1H3;1-2H3/b12-4+;;. The normalized spacial score (nSPS) is 15.8. The number of aliphatic hydroxyl groups excluding tert-OH is 1. The Hall–Kier alpha value is -2.97. The summed E-state index contributed by atoms with van der Waals surface area (Å²) in [5, 5.41) is 8.78. The summed E-state index contributed by atoms with van der Waals surface area (Å²) in [6.45, 7) is 8.72. The maximum Gasteiger partial charge on any atom is 0.251 e. The highest BCUT2D eigenvalue weighted by Gasteiger charge is 2.25. The van der Waals surface area contributed by atoms with Gasteiger partial charge in [0, 0.05) is 30.9 Å². The van der Waals surface area contributed by atoms with Crippen LogP contribution in [0.1, 0.15) is 45.4 Å². The number of likely N-dealkylation sites (N-methyl/N-ethyl adjacent to an activating group) is 1. The lowest BCUT2D eigenvalue weighted by molar-refractivity contribution is -0.133. The molecule has 5 heteroatoms. The predicted molar refractivity (Wildman–Crippen MR) is 114 cm³/mol. The van der Waals surface area contributed by atoms with Gasteiger partial charge in [0.1, 0.15) is 6.10 Å². The zero-order chi connectivity index (χ0) is 21.1. The number of hydrogen-bond acceptors (Lipinski definition) is 4. The van der Waals surface area contributed by atoms with Crippen LogP contribution in [-0.2, 0) is 4.79 Å². The van der Waals surface area contributed by atoms with Crippen molar-refractivity contribution in [2.24, 2.45) is 0 Å². The van der Waals surface area contributed by atoms with Gasteiger partial charge in [-0.25, -0.2) is 9.97 Å². The second kappa shape index (κ2) is 11.7. The van der Waals surface area contributed by atoms with Crippen molar-refractivity contribution in [2.45, 2.75) is 40.2 Å². The first-order valence-corrected chi connectivity index (χ1v) is 9.42. The molecule has 1 aromatic carbocycles.